The van der Waals surface area contributed by atoms with Gasteiger partial charge in [0.2, 0.25) is 0 Å². The van der Waals surface area contributed by atoms with Crippen LogP contribution >= 0.6 is 46.5 Å². The van der Waals surface area contributed by atoms with Crippen LogP contribution in [0.1, 0.15) is 24.3 Å². The van der Waals surface area contributed by atoms with E-state index in [0.717, 1.165) is 4.34 Å². The predicted molar refractivity (Wildman–Crippen MR) is 79.0 cm³/mol. The largest absolute Gasteiger partial charge is 0.322 e. The molecular weight excluding hydrogens is 278 g/mol. The average Bonchev–Trinajstić information content (AvgIpc) is 2.75. The van der Waals surface area contributed by atoms with Gasteiger partial charge in [-0.1, -0.05) is 18.5 Å². The van der Waals surface area contributed by atoms with Crippen molar-refractivity contribution in [1.29, 1.82) is 0 Å². The normalized spacial score (nSPS) is 27.9. The molecule has 90 valence electrons. The summed E-state index contributed by atoms with van der Waals surface area (Å²) in [5.41, 5.74) is 6.37. The molecule has 5 heteroatoms. The molecule has 0 saturated carbocycles. The van der Waals surface area contributed by atoms with Crippen molar-refractivity contribution >= 4 is 46.5 Å². The molecule has 0 amide bonds. The van der Waals surface area contributed by atoms with Crippen molar-refractivity contribution in [2.45, 2.75) is 29.9 Å². The summed E-state index contributed by atoms with van der Waals surface area (Å²) in [5, 5.41) is 1.23. The van der Waals surface area contributed by atoms with Crippen molar-refractivity contribution in [1.82, 2.24) is 0 Å². The molecule has 3 atom stereocenters. The van der Waals surface area contributed by atoms with Crippen LogP contribution in [0.25, 0.3) is 0 Å². The number of thiophene rings is 1. The molecule has 1 nitrogen and oxygen atoms in total. The van der Waals surface area contributed by atoms with Gasteiger partial charge in [0.25, 0.3) is 0 Å². The summed E-state index contributed by atoms with van der Waals surface area (Å²) in [6.07, 6.45) is 1.20. The molecule has 0 spiro atoms. The molecule has 2 N–H and O–H groups in total. The van der Waals surface area contributed by atoms with Crippen LogP contribution in [-0.4, -0.2) is 22.0 Å². The minimum absolute atomic E-state index is 0.139. The van der Waals surface area contributed by atoms with Gasteiger partial charge in [0, 0.05) is 26.9 Å². The maximum absolute atomic E-state index is 6.37. The van der Waals surface area contributed by atoms with Crippen molar-refractivity contribution in [3.8, 4) is 0 Å². The van der Waals surface area contributed by atoms with Gasteiger partial charge in [0.05, 0.1) is 10.4 Å². The molecule has 0 aromatic carbocycles. The molecule has 3 unspecified atom stereocenters. The van der Waals surface area contributed by atoms with Crippen molar-refractivity contribution < 1.29 is 0 Å². The lowest BCUT2D eigenvalue weighted by Gasteiger charge is -2.33. The van der Waals surface area contributed by atoms with Crippen LogP contribution in [0.3, 0.4) is 0 Å². The molecule has 2 rings (SSSR count). The van der Waals surface area contributed by atoms with Gasteiger partial charge in [-0.3, -0.25) is 0 Å². The second-order valence-corrected chi connectivity index (χ2v) is 8.20. The molecule has 1 aromatic heterocycles. The molecule has 1 saturated heterocycles. The van der Waals surface area contributed by atoms with Crippen LogP contribution in [0.15, 0.2) is 12.1 Å². The van der Waals surface area contributed by atoms with E-state index in [1.165, 1.54) is 22.8 Å². The Bertz CT molecular complexity index is 342. The van der Waals surface area contributed by atoms with E-state index in [9.17, 15) is 0 Å². The summed E-state index contributed by atoms with van der Waals surface area (Å²) in [6, 6.07) is 4.16. The maximum atomic E-state index is 6.37. The second-order valence-electron chi connectivity index (χ2n) is 3.82. The molecule has 1 aliphatic rings. The minimum atomic E-state index is 0.139. The Kier molecular flexibility index (Phi) is 4.91. The van der Waals surface area contributed by atoms with Gasteiger partial charge >= 0.3 is 0 Å². The fourth-order valence-corrected chi connectivity index (χ4v) is 6.31. The molecule has 2 heterocycles. The Morgan fingerprint density at radius 2 is 2.19 bits per heavy atom. The molecule has 1 aliphatic heterocycles. The van der Waals surface area contributed by atoms with Gasteiger partial charge in [-0.25, -0.2) is 0 Å². The van der Waals surface area contributed by atoms with Crippen LogP contribution in [0, 0.1) is 0 Å². The summed E-state index contributed by atoms with van der Waals surface area (Å²) >= 11 is 11.7. The third kappa shape index (κ3) is 2.91. The van der Waals surface area contributed by atoms with E-state index < -0.39 is 0 Å². The quantitative estimate of drug-likeness (QED) is 0.911. The van der Waals surface area contributed by atoms with Crippen LogP contribution in [0.5, 0.6) is 0 Å². The van der Waals surface area contributed by atoms with E-state index in [2.05, 4.69) is 24.8 Å². The van der Waals surface area contributed by atoms with Crippen molar-refractivity contribution in [3.05, 3.63) is 21.3 Å². The number of nitrogens with two attached hydrogens (primary N) is 1. The zero-order valence-electron chi connectivity index (χ0n) is 9.19. The highest BCUT2D eigenvalue weighted by Crippen LogP contribution is 2.41. The molecular formula is C11H16ClNS3. The standard InChI is InChI=1S/C11H16ClNS3/c1-2-7-11(15-6-5-14-7)10(13)8-3-4-9(12)16-8/h3-4,7,10-11H,2,5-6,13H2,1H3. The molecule has 0 radical (unpaired) electrons. The summed E-state index contributed by atoms with van der Waals surface area (Å²) in [7, 11) is 0. The Balaban J connectivity index is 2.10. The van der Waals surface area contributed by atoms with Gasteiger partial charge in [-0.15, -0.1) is 11.3 Å². The highest BCUT2D eigenvalue weighted by molar-refractivity contribution is 8.07. The van der Waals surface area contributed by atoms with Gasteiger partial charge in [0.1, 0.15) is 0 Å². The minimum Gasteiger partial charge on any atom is -0.322 e. The van der Waals surface area contributed by atoms with Crippen molar-refractivity contribution in [2.75, 3.05) is 11.5 Å². The Morgan fingerprint density at radius 1 is 1.44 bits per heavy atom. The van der Waals surface area contributed by atoms with Gasteiger partial charge in [-0.05, 0) is 18.6 Å². The fourth-order valence-electron chi connectivity index (χ4n) is 1.94. The van der Waals surface area contributed by atoms with Crippen LogP contribution in [-0.2, 0) is 0 Å². The first-order chi connectivity index (χ1) is 7.72. The van der Waals surface area contributed by atoms with Gasteiger partial charge in [0.15, 0.2) is 0 Å². The number of thioether (sulfide) groups is 2. The molecule has 0 aliphatic carbocycles. The zero-order chi connectivity index (χ0) is 11.5. The number of hydrogen-bond acceptors (Lipinski definition) is 4. The van der Waals surface area contributed by atoms with E-state index in [1.54, 1.807) is 11.3 Å². The fraction of sp³-hybridized carbons (Fsp3) is 0.636. The summed E-state index contributed by atoms with van der Waals surface area (Å²) in [6.45, 7) is 2.25. The maximum Gasteiger partial charge on any atom is 0.0931 e. The molecule has 1 aromatic rings. The zero-order valence-corrected chi connectivity index (χ0v) is 12.4. The number of hydrogen-bond donors (Lipinski definition) is 1. The Labute approximate surface area is 115 Å². The van der Waals surface area contributed by atoms with E-state index in [0.29, 0.717) is 10.5 Å². The van der Waals surface area contributed by atoms with E-state index in [1.807, 2.05) is 17.8 Å². The monoisotopic (exact) mass is 293 g/mol. The Morgan fingerprint density at radius 3 is 2.81 bits per heavy atom. The predicted octanol–water partition coefficient (Wildman–Crippen LogP) is 4.03. The highest BCUT2D eigenvalue weighted by Gasteiger charge is 2.31. The summed E-state index contributed by atoms with van der Waals surface area (Å²) in [5.74, 6) is 2.48. The molecule has 0 bridgehead atoms. The lowest BCUT2D eigenvalue weighted by atomic mass is 10.1. The van der Waals surface area contributed by atoms with Crippen LogP contribution in [0.4, 0.5) is 0 Å². The summed E-state index contributed by atoms with van der Waals surface area (Å²) in [4.78, 5) is 1.23. The van der Waals surface area contributed by atoms with Gasteiger partial charge < -0.3 is 5.73 Å². The van der Waals surface area contributed by atoms with Crippen LogP contribution < -0.4 is 5.73 Å². The molecule has 16 heavy (non-hydrogen) atoms. The third-order valence-electron chi connectivity index (χ3n) is 2.77. The lowest BCUT2D eigenvalue weighted by Crippen LogP contribution is -2.35. The first kappa shape index (κ1) is 13.1. The number of halogens is 1. The van der Waals surface area contributed by atoms with E-state index >= 15 is 0 Å². The lowest BCUT2D eigenvalue weighted by molar-refractivity contribution is 0.639. The third-order valence-corrected chi connectivity index (χ3v) is 7.48. The SMILES string of the molecule is CCC1SCCSC1C(N)c1ccc(Cl)s1. The first-order valence-electron chi connectivity index (χ1n) is 5.46. The van der Waals surface area contributed by atoms with E-state index in [-0.39, 0.29) is 6.04 Å². The van der Waals surface area contributed by atoms with E-state index in [4.69, 9.17) is 17.3 Å². The van der Waals surface area contributed by atoms with Crippen molar-refractivity contribution in [2.24, 2.45) is 5.73 Å². The van der Waals surface area contributed by atoms with Crippen LogP contribution in [0.2, 0.25) is 4.34 Å². The summed E-state index contributed by atoms with van der Waals surface area (Å²) < 4.78 is 0.840. The first-order valence-corrected chi connectivity index (χ1v) is 8.75. The van der Waals surface area contributed by atoms with Gasteiger partial charge in [-0.2, -0.15) is 23.5 Å². The average molecular weight is 294 g/mol. The van der Waals surface area contributed by atoms with Crippen molar-refractivity contribution in [3.63, 3.8) is 0 Å². The molecule has 1 fully saturated rings. The number of rotatable bonds is 3. The highest BCUT2D eigenvalue weighted by atomic mass is 35.5. The Hall–Kier alpha value is 0.650. The second kappa shape index (κ2) is 6.01. The smallest absolute Gasteiger partial charge is 0.0931 e. The topological polar surface area (TPSA) is 26.0 Å².